The van der Waals surface area contributed by atoms with Gasteiger partial charge < -0.3 is 14.6 Å². The van der Waals surface area contributed by atoms with Crippen LogP contribution in [0, 0.1) is 5.92 Å². The van der Waals surface area contributed by atoms with Crippen molar-refractivity contribution < 1.29 is 24.2 Å². The largest absolute Gasteiger partial charge is 0.493 e. The summed E-state index contributed by atoms with van der Waals surface area (Å²) in [5.41, 5.74) is 1.46. The number of esters is 1. The van der Waals surface area contributed by atoms with Crippen LogP contribution in [0.2, 0.25) is 0 Å². The molecule has 0 aliphatic carbocycles. The van der Waals surface area contributed by atoms with Gasteiger partial charge in [-0.1, -0.05) is 48.3 Å². The van der Waals surface area contributed by atoms with Crippen LogP contribution < -0.4 is 9.47 Å². The first-order valence-corrected chi connectivity index (χ1v) is 11.1. The highest BCUT2D eigenvalue weighted by Crippen LogP contribution is 2.36. The Kier molecular flexibility index (Phi) is 9.45. The minimum absolute atomic E-state index is 0.101. The molecule has 2 aromatic rings. The fourth-order valence-electron chi connectivity index (χ4n) is 2.67. The fourth-order valence-corrected chi connectivity index (χ4v) is 3.62. The Morgan fingerprint density at radius 1 is 1.19 bits per heavy atom. The van der Waals surface area contributed by atoms with Gasteiger partial charge in [-0.15, -0.1) is 0 Å². The molecule has 31 heavy (non-hydrogen) atoms. The van der Waals surface area contributed by atoms with Crippen LogP contribution in [0.25, 0.3) is 6.08 Å². The fraction of sp³-hybridized carbons (Fsp3) is 0.261. The molecule has 0 saturated heterocycles. The summed E-state index contributed by atoms with van der Waals surface area (Å²) in [4.78, 5) is 28.0. The highest BCUT2D eigenvalue weighted by atomic mass is 79.9. The van der Waals surface area contributed by atoms with Crippen LogP contribution in [0.15, 0.2) is 56.4 Å². The van der Waals surface area contributed by atoms with Crippen molar-refractivity contribution in [3.8, 4) is 11.5 Å². The smallest absolute Gasteiger partial charge is 0.336 e. The van der Waals surface area contributed by atoms with Gasteiger partial charge in [0.1, 0.15) is 6.04 Å². The molecule has 0 bridgehead atoms. The zero-order chi connectivity index (χ0) is 23.0. The predicted molar refractivity (Wildman–Crippen MR) is 128 cm³/mol. The lowest BCUT2D eigenvalue weighted by Crippen LogP contribution is -2.25. The summed E-state index contributed by atoms with van der Waals surface area (Å²) in [6.45, 7) is 3.76. The van der Waals surface area contributed by atoms with Crippen molar-refractivity contribution in [2.45, 2.75) is 26.3 Å². The van der Waals surface area contributed by atoms with Gasteiger partial charge in [-0.3, -0.25) is 4.99 Å². The second kappa shape index (κ2) is 11.8. The lowest BCUT2D eigenvalue weighted by molar-refractivity contribution is -0.139. The van der Waals surface area contributed by atoms with Crippen molar-refractivity contribution in [2.24, 2.45) is 10.9 Å². The average molecular weight is 553 g/mol. The predicted octanol–water partition coefficient (Wildman–Crippen LogP) is 5.76. The lowest BCUT2D eigenvalue weighted by atomic mass is 10.00. The van der Waals surface area contributed by atoms with Crippen molar-refractivity contribution in [1.29, 1.82) is 0 Å². The summed E-state index contributed by atoms with van der Waals surface area (Å²) in [5, 5.41) is 9.39. The van der Waals surface area contributed by atoms with E-state index >= 15 is 0 Å². The van der Waals surface area contributed by atoms with Crippen LogP contribution in [0.3, 0.4) is 0 Å². The van der Waals surface area contributed by atoms with E-state index in [0.717, 1.165) is 10.0 Å². The van der Waals surface area contributed by atoms with Crippen LogP contribution in [0.1, 0.15) is 31.4 Å². The van der Waals surface area contributed by atoms with E-state index in [-0.39, 0.29) is 11.7 Å². The molecule has 6 nitrogen and oxygen atoms in total. The van der Waals surface area contributed by atoms with Gasteiger partial charge in [0.2, 0.25) is 0 Å². The van der Waals surface area contributed by atoms with Crippen LogP contribution >= 0.6 is 31.9 Å². The van der Waals surface area contributed by atoms with E-state index in [9.17, 15) is 14.7 Å². The summed E-state index contributed by atoms with van der Waals surface area (Å²) in [5.74, 6) is -1.10. The number of rotatable bonds is 9. The molecule has 0 aliphatic heterocycles. The molecule has 0 aromatic heterocycles. The Morgan fingerprint density at radius 2 is 1.94 bits per heavy atom. The maximum absolute atomic E-state index is 12.3. The van der Waals surface area contributed by atoms with Gasteiger partial charge in [0.05, 0.1) is 11.6 Å². The van der Waals surface area contributed by atoms with Gasteiger partial charge >= 0.3 is 11.9 Å². The maximum atomic E-state index is 12.3. The average Bonchev–Trinajstić information content (AvgIpc) is 2.73. The summed E-state index contributed by atoms with van der Waals surface area (Å²) in [6, 6.07) is 9.97. The molecule has 1 N–H and O–H groups in total. The molecule has 0 amide bonds. The van der Waals surface area contributed by atoms with Crippen LogP contribution in [0.4, 0.5) is 0 Å². The van der Waals surface area contributed by atoms with Gasteiger partial charge in [-0.05, 0) is 63.3 Å². The van der Waals surface area contributed by atoms with E-state index in [1.54, 1.807) is 18.2 Å². The van der Waals surface area contributed by atoms with E-state index in [1.807, 2.05) is 38.1 Å². The minimum atomic E-state index is -0.973. The second-order valence-corrected chi connectivity index (χ2v) is 8.56. The Balaban J connectivity index is 2.21. The first-order chi connectivity index (χ1) is 14.7. The number of ether oxygens (including phenoxy) is 2. The zero-order valence-corrected chi connectivity index (χ0v) is 20.5. The number of aliphatic carboxylic acids is 1. The molecule has 0 heterocycles. The topological polar surface area (TPSA) is 85.2 Å². The number of methoxy groups -OCH3 is 1. The summed E-state index contributed by atoms with van der Waals surface area (Å²) < 4.78 is 12.2. The van der Waals surface area contributed by atoms with Gasteiger partial charge in [-0.25, -0.2) is 9.59 Å². The number of hydrogen-bond donors (Lipinski definition) is 1. The van der Waals surface area contributed by atoms with E-state index < -0.39 is 18.0 Å². The summed E-state index contributed by atoms with van der Waals surface area (Å²) in [6.07, 6.45) is 5.16. The Hall–Kier alpha value is -2.45. The third kappa shape index (κ3) is 7.33. The molecule has 2 aromatic carbocycles. The normalized spacial score (nSPS) is 13.3. The molecule has 2 atom stereocenters. The highest BCUT2D eigenvalue weighted by molar-refractivity contribution is 9.10. The number of carbonyl (C=O) groups excluding carboxylic acids is 1. The number of hydrogen-bond acceptors (Lipinski definition) is 5. The van der Waals surface area contributed by atoms with Gasteiger partial charge in [0, 0.05) is 16.8 Å². The first kappa shape index (κ1) is 24.8. The first-order valence-electron chi connectivity index (χ1n) is 9.54. The number of halogens is 2. The van der Waals surface area contributed by atoms with Crippen molar-refractivity contribution in [1.82, 2.24) is 0 Å². The monoisotopic (exact) mass is 551 g/mol. The molecular formula is C23H23Br2NO5. The second-order valence-electron chi connectivity index (χ2n) is 6.79. The summed E-state index contributed by atoms with van der Waals surface area (Å²) in [7, 11) is 1.45. The Bertz CT molecular complexity index is 1000. The third-order valence-electron chi connectivity index (χ3n) is 4.54. The van der Waals surface area contributed by atoms with E-state index in [0.29, 0.717) is 22.2 Å². The van der Waals surface area contributed by atoms with E-state index in [4.69, 9.17) is 9.47 Å². The Labute approximate surface area is 198 Å². The van der Waals surface area contributed by atoms with Gasteiger partial charge in [0.25, 0.3) is 0 Å². The molecule has 0 aliphatic rings. The van der Waals surface area contributed by atoms with Crippen LogP contribution in [-0.2, 0) is 9.59 Å². The highest BCUT2D eigenvalue weighted by Gasteiger charge is 2.22. The SMILES string of the molecule is CCC(C)C(N=Cc1cc(Br)c(OC(=O)/C=C/c2cccc(Br)c2)c(OC)c1)C(=O)O. The third-order valence-corrected chi connectivity index (χ3v) is 5.62. The molecule has 0 radical (unpaired) electrons. The van der Waals surface area contributed by atoms with Crippen molar-refractivity contribution in [2.75, 3.05) is 7.11 Å². The van der Waals surface area contributed by atoms with E-state index in [1.165, 1.54) is 19.4 Å². The number of carboxylic acids is 1. The quantitative estimate of drug-likeness (QED) is 0.185. The minimum Gasteiger partial charge on any atom is -0.493 e. The molecule has 0 fully saturated rings. The van der Waals surface area contributed by atoms with Crippen molar-refractivity contribution in [3.63, 3.8) is 0 Å². The molecule has 0 saturated carbocycles. The molecule has 2 unspecified atom stereocenters. The summed E-state index contributed by atoms with van der Waals surface area (Å²) >= 11 is 6.77. The number of nitrogens with zero attached hydrogens (tertiary/aromatic N) is 1. The molecule has 2 rings (SSSR count). The number of carboxylic acid groups (broad SMARTS) is 1. The Morgan fingerprint density at radius 3 is 2.55 bits per heavy atom. The molecule has 0 spiro atoms. The van der Waals surface area contributed by atoms with Gasteiger partial charge in [0.15, 0.2) is 11.5 Å². The van der Waals surface area contributed by atoms with E-state index in [2.05, 4.69) is 36.9 Å². The van der Waals surface area contributed by atoms with Crippen LogP contribution in [-0.4, -0.2) is 36.4 Å². The molecule has 164 valence electrons. The molecule has 8 heteroatoms. The number of aliphatic imine (C=N–C) groups is 1. The van der Waals surface area contributed by atoms with Crippen LogP contribution in [0.5, 0.6) is 11.5 Å². The molecular weight excluding hydrogens is 530 g/mol. The zero-order valence-electron chi connectivity index (χ0n) is 17.3. The van der Waals surface area contributed by atoms with Crippen molar-refractivity contribution >= 4 is 56.1 Å². The standard InChI is InChI=1S/C23H23Br2NO5/c1-4-14(2)21(23(28)29)26-13-16-11-18(25)22(19(12-16)30-3)31-20(27)9-8-15-6-5-7-17(24)10-15/h5-14,21H,4H2,1-3H3,(H,28,29)/b9-8+,26-13?. The van der Waals surface area contributed by atoms with Gasteiger partial charge in [-0.2, -0.15) is 0 Å². The van der Waals surface area contributed by atoms with Crippen molar-refractivity contribution in [3.05, 3.63) is 62.5 Å². The number of carbonyl (C=O) groups is 2. The lowest BCUT2D eigenvalue weighted by Gasteiger charge is -2.14. The maximum Gasteiger partial charge on any atom is 0.336 e. The number of benzene rings is 2.